The van der Waals surface area contributed by atoms with Crippen LogP contribution in [-0.4, -0.2) is 87.8 Å². The zero-order chi connectivity index (χ0) is 21.8. The Bertz CT molecular complexity index is 1030. The summed E-state index contributed by atoms with van der Waals surface area (Å²) in [6.07, 6.45) is 1.72. The molecule has 2 fully saturated rings. The maximum absolute atomic E-state index is 13.5. The smallest absolute Gasteiger partial charge is 0.243 e. The molecule has 0 amide bonds. The number of hydrogen-bond acceptors (Lipinski definition) is 7. The molecule has 4 aliphatic heterocycles. The Hall–Kier alpha value is -1.81. The maximum Gasteiger partial charge on any atom is 0.243 e. The summed E-state index contributed by atoms with van der Waals surface area (Å²) < 4.78 is 34.1. The third-order valence-corrected chi connectivity index (χ3v) is 8.66. The Labute approximate surface area is 183 Å². The number of anilines is 1. The molecule has 0 radical (unpaired) electrons. The number of rotatable bonds is 4. The fourth-order valence-electron chi connectivity index (χ4n) is 5.06. The molecule has 8 nitrogen and oxygen atoms in total. The lowest BCUT2D eigenvalue weighted by Crippen LogP contribution is -2.46. The van der Waals surface area contributed by atoms with Crippen molar-refractivity contribution >= 4 is 27.3 Å². The van der Waals surface area contributed by atoms with E-state index in [2.05, 4.69) is 23.7 Å². The number of nitrogens with zero attached hydrogens (tertiary/aromatic N) is 4. The average molecular weight is 447 g/mol. The quantitative estimate of drug-likeness (QED) is 0.699. The number of ketones is 1. The van der Waals surface area contributed by atoms with E-state index in [1.54, 1.807) is 22.5 Å². The maximum atomic E-state index is 13.5. The van der Waals surface area contributed by atoms with Gasteiger partial charge in [0.2, 0.25) is 15.8 Å². The SMILES string of the molecule is CC1(C)CN=C2C(=O)c3cc(S(=O)(=O)N4CCC[C@H]4CN4CCOCC4)ccc3N2C1. The van der Waals surface area contributed by atoms with E-state index in [9.17, 15) is 13.2 Å². The fourth-order valence-corrected chi connectivity index (χ4v) is 6.77. The van der Waals surface area contributed by atoms with Crippen molar-refractivity contribution in [2.75, 3.05) is 57.4 Å². The molecule has 0 N–H and O–H groups in total. The number of carbonyl (C=O) groups excluding carboxylic acids is 1. The van der Waals surface area contributed by atoms with E-state index in [1.807, 2.05) is 4.90 Å². The van der Waals surface area contributed by atoms with Gasteiger partial charge in [-0.2, -0.15) is 4.31 Å². The van der Waals surface area contributed by atoms with E-state index in [1.165, 1.54) is 0 Å². The first kappa shape index (κ1) is 21.1. The van der Waals surface area contributed by atoms with Gasteiger partial charge in [0.15, 0.2) is 5.84 Å². The second-order valence-electron chi connectivity index (χ2n) is 9.72. The van der Waals surface area contributed by atoms with Crippen molar-refractivity contribution in [3.63, 3.8) is 0 Å². The third-order valence-electron chi connectivity index (χ3n) is 6.71. The largest absolute Gasteiger partial charge is 0.379 e. The lowest BCUT2D eigenvalue weighted by molar-refractivity contribution is 0.0312. The van der Waals surface area contributed by atoms with Crippen molar-refractivity contribution in [1.29, 1.82) is 0 Å². The number of morpholine rings is 1. The highest BCUT2D eigenvalue weighted by atomic mass is 32.2. The monoisotopic (exact) mass is 446 g/mol. The van der Waals surface area contributed by atoms with Crippen molar-refractivity contribution in [1.82, 2.24) is 9.21 Å². The number of hydrogen-bond donors (Lipinski definition) is 0. The second kappa shape index (κ2) is 7.65. The predicted octanol–water partition coefficient (Wildman–Crippen LogP) is 1.61. The number of carbonyl (C=O) groups is 1. The molecule has 0 saturated carbocycles. The molecule has 4 aliphatic rings. The Morgan fingerprint density at radius 3 is 2.74 bits per heavy atom. The molecule has 0 spiro atoms. The van der Waals surface area contributed by atoms with Gasteiger partial charge in [0, 0.05) is 50.7 Å². The van der Waals surface area contributed by atoms with Crippen molar-refractivity contribution < 1.29 is 17.9 Å². The van der Waals surface area contributed by atoms with Crippen LogP contribution in [0.5, 0.6) is 0 Å². The number of sulfonamides is 1. The number of Topliss-reactive ketones (excluding diaryl/α,β-unsaturated/α-hetero) is 1. The molecule has 31 heavy (non-hydrogen) atoms. The molecule has 0 bridgehead atoms. The molecular formula is C22H30N4O4S. The lowest BCUT2D eigenvalue weighted by Gasteiger charge is -2.34. The zero-order valence-electron chi connectivity index (χ0n) is 18.2. The van der Waals surface area contributed by atoms with Crippen LogP contribution in [0, 0.1) is 5.41 Å². The van der Waals surface area contributed by atoms with Crippen LogP contribution in [0.25, 0.3) is 0 Å². The third kappa shape index (κ3) is 3.71. The van der Waals surface area contributed by atoms with E-state index < -0.39 is 10.0 Å². The number of ether oxygens (including phenoxy) is 1. The fraction of sp³-hybridized carbons (Fsp3) is 0.636. The van der Waals surface area contributed by atoms with Crippen LogP contribution in [0.3, 0.4) is 0 Å². The van der Waals surface area contributed by atoms with Gasteiger partial charge in [-0.05, 0) is 31.0 Å². The predicted molar refractivity (Wildman–Crippen MR) is 118 cm³/mol. The van der Waals surface area contributed by atoms with Gasteiger partial charge in [0.1, 0.15) is 0 Å². The Kier molecular flexibility index (Phi) is 5.20. The van der Waals surface area contributed by atoms with E-state index >= 15 is 0 Å². The Morgan fingerprint density at radius 1 is 1.19 bits per heavy atom. The van der Waals surface area contributed by atoms with Crippen LogP contribution >= 0.6 is 0 Å². The highest BCUT2D eigenvalue weighted by Crippen LogP contribution is 2.37. The van der Waals surface area contributed by atoms with Crippen molar-refractivity contribution in [2.45, 2.75) is 37.6 Å². The van der Waals surface area contributed by atoms with Gasteiger partial charge in [-0.3, -0.25) is 14.7 Å². The van der Waals surface area contributed by atoms with Crippen LogP contribution < -0.4 is 4.90 Å². The lowest BCUT2D eigenvalue weighted by atomic mass is 9.91. The summed E-state index contributed by atoms with van der Waals surface area (Å²) in [6, 6.07) is 4.95. The molecule has 1 aromatic carbocycles. The van der Waals surface area contributed by atoms with Gasteiger partial charge in [0.05, 0.1) is 29.4 Å². The molecule has 1 atom stereocenters. The van der Waals surface area contributed by atoms with Gasteiger partial charge in [-0.25, -0.2) is 8.42 Å². The molecule has 168 valence electrons. The minimum atomic E-state index is -3.67. The van der Waals surface area contributed by atoms with Gasteiger partial charge >= 0.3 is 0 Å². The number of aliphatic imine (C=N–C) groups is 1. The topological polar surface area (TPSA) is 82.5 Å². The average Bonchev–Trinajstić information content (AvgIpc) is 3.31. The number of benzene rings is 1. The first-order valence-electron chi connectivity index (χ1n) is 11.1. The summed E-state index contributed by atoms with van der Waals surface area (Å²) in [5.41, 5.74) is 1.18. The molecule has 0 aromatic heterocycles. The van der Waals surface area contributed by atoms with Crippen molar-refractivity contribution in [3.8, 4) is 0 Å². The molecule has 0 aliphatic carbocycles. The summed E-state index contributed by atoms with van der Waals surface area (Å²) in [4.78, 5) is 21.9. The first-order valence-corrected chi connectivity index (χ1v) is 12.5. The summed E-state index contributed by atoms with van der Waals surface area (Å²) >= 11 is 0. The van der Waals surface area contributed by atoms with Crippen LogP contribution in [-0.2, 0) is 14.8 Å². The highest BCUT2D eigenvalue weighted by Gasteiger charge is 2.42. The summed E-state index contributed by atoms with van der Waals surface area (Å²) in [6.45, 7) is 9.87. The molecule has 4 heterocycles. The van der Waals surface area contributed by atoms with Crippen molar-refractivity contribution in [2.24, 2.45) is 10.4 Å². The van der Waals surface area contributed by atoms with Crippen molar-refractivity contribution in [3.05, 3.63) is 23.8 Å². The summed E-state index contributed by atoms with van der Waals surface area (Å²) in [7, 11) is -3.67. The molecule has 1 aromatic rings. The molecule has 9 heteroatoms. The van der Waals surface area contributed by atoms with E-state index in [0.717, 1.165) is 38.2 Å². The van der Waals surface area contributed by atoms with E-state index in [0.29, 0.717) is 44.2 Å². The van der Waals surface area contributed by atoms with E-state index in [-0.39, 0.29) is 22.1 Å². The normalized spacial score (nSPS) is 26.6. The highest BCUT2D eigenvalue weighted by molar-refractivity contribution is 7.89. The van der Waals surface area contributed by atoms with E-state index in [4.69, 9.17) is 4.74 Å². The van der Waals surface area contributed by atoms with Crippen LogP contribution in [0.15, 0.2) is 28.1 Å². The summed E-state index contributed by atoms with van der Waals surface area (Å²) in [5, 5.41) is 0. The second-order valence-corrected chi connectivity index (χ2v) is 11.6. The number of amidine groups is 1. The Balaban J connectivity index is 1.42. The van der Waals surface area contributed by atoms with Crippen LogP contribution in [0.1, 0.15) is 37.0 Å². The number of fused-ring (bicyclic) bond motifs is 3. The molecular weight excluding hydrogens is 416 g/mol. The standard InChI is InChI=1S/C22H30N4O4S/c1-22(2)14-23-21-20(27)18-12-17(5-6-19(18)25(21)15-22)31(28,29)26-7-3-4-16(26)13-24-8-10-30-11-9-24/h5-6,12,16H,3-4,7-11,13-15H2,1-2H3/t16-/m0/s1. The zero-order valence-corrected chi connectivity index (χ0v) is 19.0. The summed E-state index contributed by atoms with van der Waals surface area (Å²) in [5.74, 6) is 0.268. The molecule has 5 rings (SSSR count). The van der Waals surface area contributed by atoms with Gasteiger partial charge in [-0.1, -0.05) is 13.8 Å². The van der Waals surface area contributed by atoms with Gasteiger partial charge in [-0.15, -0.1) is 0 Å². The Morgan fingerprint density at radius 2 is 1.97 bits per heavy atom. The molecule has 2 saturated heterocycles. The van der Waals surface area contributed by atoms with Gasteiger partial charge < -0.3 is 9.64 Å². The first-order chi connectivity index (χ1) is 14.8. The molecule has 0 unspecified atom stereocenters. The van der Waals surface area contributed by atoms with Crippen LogP contribution in [0.4, 0.5) is 5.69 Å². The minimum absolute atomic E-state index is 0.0294. The van der Waals surface area contributed by atoms with Crippen LogP contribution in [0.2, 0.25) is 0 Å². The minimum Gasteiger partial charge on any atom is -0.379 e. The van der Waals surface area contributed by atoms with Gasteiger partial charge in [0.25, 0.3) is 0 Å².